The number of hydrogen-bond donors (Lipinski definition) is 2. The molecule has 0 bridgehead atoms. The fraction of sp³-hybridized carbons (Fsp3) is 0.692. The van der Waals surface area contributed by atoms with E-state index >= 15 is 0 Å². The minimum Gasteiger partial charge on any atom is -0.385 e. The van der Waals surface area contributed by atoms with Crippen LogP contribution in [0.2, 0.25) is 0 Å². The second-order valence-corrected chi connectivity index (χ2v) is 5.08. The first-order valence-electron chi connectivity index (χ1n) is 7.13. The molecule has 2 heterocycles. The average Bonchev–Trinajstić information content (AvgIpc) is 2.44. The van der Waals surface area contributed by atoms with Gasteiger partial charge in [0.1, 0.15) is 5.82 Å². The summed E-state index contributed by atoms with van der Waals surface area (Å²) in [7, 11) is 0. The van der Waals surface area contributed by atoms with Gasteiger partial charge < -0.3 is 10.6 Å². The Morgan fingerprint density at radius 3 is 2.20 bits per heavy atom. The lowest BCUT2D eigenvalue weighted by molar-refractivity contribution is 0.131. The lowest BCUT2D eigenvalue weighted by atomic mass is 10.2. The summed E-state index contributed by atoms with van der Waals surface area (Å²) in [5, 5.41) is 0. The minimum absolute atomic E-state index is 0.291. The topological polar surface area (TPSA) is 87.4 Å². The number of nitrogens with one attached hydrogen (secondary N) is 1. The van der Waals surface area contributed by atoms with Crippen molar-refractivity contribution in [3.05, 3.63) is 26.4 Å². The van der Waals surface area contributed by atoms with Gasteiger partial charge in [0.25, 0.3) is 5.56 Å². The summed E-state index contributed by atoms with van der Waals surface area (Å²) in [6.45, 7) is 9.82. The van der Waals surface area contributed by atoms with Gasteiger partial charge in [0, 0.05) is 39.3 Å². The molecule has 1 fully saturated rings. The van der Waals surface area contributed by atoms with Crippen LogP contribution in [-0.4, -0.2) is 52.1 Å². The van der Waals surface area contributed by atoms with Crippen LogP contribution in [0, 0.1) is 0 Å². The quantitative estimate of drug-likeness (QED) is 0.760. The lowest BCUT2D eigenvalue weighted by Crippen LogP contribution is -2.46. The van der Waals surface area contributed by atoms with Crippen molar-refractivity contribution in [1.29, 1.82) is 0 Å². The van der Waals surface area contributed by atoms with Crippen molar-refractivity contribution in [1.82, 2.24) is 19.4 Å². The van der Waals surface area contributed by atoms with Gasteiger partial charge in [-0.25, -0.2) is 4.79 Å². The Hall–Kier alpha value is -1.60. The summed E-state index contributed by atoms with van der Waals surface area (Å²) in [6.07, 6.45) is 0. The zero-order valence-electron chi connectivity index (χ0n) is 12.2. The highest BCUT2D eigenvalue weighted by atomic mass is 16.2. The molecule has 0 aromatic carbocycles. The fourth-order valence-electron chi connectivity index (χ4n) is 2.58. The van der Waals surface area contributed by atoms with Gasteiger partial charge in [-0.2, -0.15) is 0 Å². The summed E-state index contributed by atoms with van der Waals surface area (Å²) in [6, 6.07) is 0. The van der Waals surface area contributed by atoms with Gasteiger partial charge in [-0.1, -0.05) is 6.92 Å². The molecule has 1 aliphatic rings. The van der Waals surface area contributed by atoms with Gasteiger partial charge in [-0.3, -0.25) is 19.2 Å². The Morgan fingerprint density at radius 1 is 1.05 bits per heavy atom. The van der Waals surface area contributed by atoms with E-state index in [-0.39, 0.29) is 5.56 Å². The summed E-state index contributed by atoms with van der Waals surface area (Å²) in [5.74, 6) is 0.291. The predicted molar refractivity (Wildman–Crippen MR) is 78.8 cm³/mol. The van der Waals surface area contributed by atoms with E-state index in [0.717, 1.165) is 32.7 Å². The second-order valence-electron chi connectivity index (χ2n) is 5.08. The van der Waals surface area contributed by atoms with Crippen LogP contribution < -0.4 is 17.0 Å². The number of hydrogen-bond acceptors (Lipinski definition) is 5. The van der Waals surface area contributed by atoms with Crippen LogP contribution in [0.3, 0.4) is 0 Å². The molecule has 7 heteroatoms. The van der Waals surface area contributed by atoms with E-state index in [0.29, 0.717) is 24.5 Å². The maximum atomic E-state index is 11.9. The molecule has 7 nitrogen and oxygen atoms in total. The van der Waals surface area contributed by atoms with E-state index < -0.39 is 5.69 Å². The van der Waals surface area contributed by atoms with E-state index in [9.17, 15) is 9.59 Å². The Morgan fingerprint density at radius 2 is 1.65 bits per heavy atom. The number of likely N-dealkylation sites (N-methyl/N-ethyl adjacent to an activating group) is 1. The molecule has 0 radical (unpaired) electrons. The third kappa shape index (κ3) is 2.94. The summed E-state index contributed by atoms with van der Waals surface area (Å²) >= 11 is 0. The number of H-pyrrole nitrogens is 1. The Bertz CT molecular complexity index is 569. The highest BCUT2D eigenvalue weighted by molar-refractivity contribution is 5.38. The van der Waals surface area contributed by atoms with Crippen molar-refractivity contribution in [2.45, 2.75) is 26.9 Å². The normalized spacial score (nSPS) is 17.5. The number of rotatable bonds is 4. The van der Waals surface area contributed by atoms with Crippen LogP contribution in [-0.2, 0) is 13.1 Å². The van der Waals surface area contributed by atoms with Crippen LogP contribution in [0.5, 0.6) is 0 Å². The maximum absolute atomic E-state index is 11.9. The van der Waals surface area contributed by atoms with Gasteiger partial charge in [-0.15, -0.1) is 0 Å². The van der Waals surface area contributed by atoms with Crippen molar-refractivity contribution in [2.75, 3.05) is 38.5 Å². The van der Waals surface area contributed by atoms with E-state index in [1.165, 1.54) is 4.57 Å². The van der Waals surface area contributed by atoms with E-state index in [4.69, 9.17) is 5.73 Å². The molecule has 0 spiro atoms. The number of nitrogen functional groups attached to an aromatic ring is 1. The predicted octanol–water partition coefficient (Wildman–Crippen LogP) is -0.724. The average molecular weight is 281 g/mol. The van der Waals surface area contributed by atoms with Crippen molar-refractivity contribution < 1.29 is 0 Å². The first-order chi connectivity index (χ1) is 9.56. The lowest BCUT2D eigenvalue weighted by Gasteiger charge is -2.34. The van der Waals surface area contributed by atoms with E-state index in [1.54, 1.807) is 0 Å². The highest BCUT2D eigenvalue weighted by Crippen LogP contribution is 2.10. The molecule has 20 heavy (non-hydrogen) atoms. The Balaban J connectivity index is 2.18. The molecule has 0 saturated carbocycles. The molecule has 0 unspecified atom stereocenters. The molecule has 0 atom stereocenters. The number of piperazine rings is 1. The Kier molecular flexibility index (Phi) is 4.61. The van der Waals surface area contributed by atoms with Crippen LogP contribution in [0.4, 0.5) is 5.82 Å². The molecule has 1 aromatic rings. The van der Waals surface area contributed by atoms with Gasteiger partial charge >= 0.3 is 5.69 Å². The number of anilines is 1. The smallest absolute Gasteiger partial charge is 0.329 e. The largest absolute Gasteiger partial charge is 0.385 e. The van der Waals surface area contributed by atoms with Gasteiger partial charge in [0.05, 0.1) is 5.56 Å². The third-order valence-corrected chi connectivity index (χ3v) is 3.95. The zero-order chi connectivity index (χ0) is 14.7. The minimum atomic E-state index is -0.436. The molecule has 3 N–H and O–H groups in total. The standard InChI is InChI=1S/C13H23N5O2/c1-3-16-5-7-17(8-6-16)9-10-11(14)18(4-2)13(20)15-12(10)19/h3-9,14H2,1-2H3,(H,15,19,20). The van der Waals surface area contributed by atoms with Crippen LogP contribution in [0.1, 0.15) is 19.4 Å². The molecule has 2 rings (SSSR count). The number of aromatic amines is 1. The maximum Gasteiger partial charge on any atom is 0.329 e. The van der Waals surface area contributed by atoms with Crippen molar-refractivity contribution in [3.8, 4) is 0 Å². The monoisotopic (exact) mass is 281 g/mol. The number of aromatic nitrogens is 2. The molecule has 0 aliphatic carbocycles. The van der Waals surface area contributed by atoms with Crippen molar-refractivity contribution in [3.63, 3.8) is 0 Å². The zero-order valence-corrected chi connectivity index (χ0v) is 12.2. The number of nitrogens with zero attached hydrogens (tertiary/aromatic N) is 3. The van der Waals surface area contributed by atoms with Crippen LogP contribution in [0.25, 0.3) is 0 Å². The molecular weight excluding hydrogens is 258 g/mol. The summed E-state index contributed by atoms with van der Waals surface area (Å²) in [4.78, 5) is 30.5. The highest BCUT2D eigenvalue weighted by Gasteiger charge is 2.19. The third-order valence-electron chi connectivity index (χ3n) is 3.95. The number of nitrogens with two attached hydrogens (primary N) is 1. The van der Waals surface area contributed by atoms with Gasteiger partial charge in [0.2, 0.25) is 0 Å². The van der Waals surface area contributed by atoms with Crippen LogP contribution >= 0.6 is 0 Å². The Labute approximate surface area is 118 Å². The first-order valence-corrected chi connectivity index (χ1v) is 7.13. The summed E-state index contributed by atoms with van der Waals surface area (Å²) < 4.78 is 1.40. The molecule has 0 amide bonds. The second kappa shape index (κ2) is 6.23. The molecular formula is C13H23N5O2. The fourth-order valence-corrected chi connectivity index (χ4v) is 2.58. The van der Waals surface area contributed by atoms with E-state index in [1.807, 2.05) is 6.92 Å². The molecule has 112 valence electrons. The molecule has 1 saturated heterocycles. The molecule has 1 aliphatic heterocycles. The summed E-state index contributed by atoms with van der Waals surface area (Å²) in [5.41, 5.74) is 5.67. The van der Waals surface area contributed by atoms with Crippen molar-refractivity contribution >= 4 is 5.82 Å². The van der Waals surface area contributed by atoms with E-state index in [2.05, 4.69) is 21.7 Å². The van der Waals surface area contributed by atoms with Crippen molar-refractivity contribution in [2.24, 2.45) is 0 Å². The SMILES string of the molecule is CCN1CCN(Cc2c(N)n(CC)c(=O)[nH]c2=O)CC1. The van der Waals surface area contributed by atoms with Gasteiger partial charge in [-0.05, 0) is 13.5 Å². The van der Waals surface area contributed by atoms with Gasteiger partial charge in [0.15, 0.2) is 0 Å². The first kappa shape index (κ1) is 14.8. The molecule has 1 aromatic heterocycles. The van der Waals surface area contributed by atoms with Crippen LogP contribution in [0.15, 0.2) is 9.59 Å².